The Labute approximate surface area is 293 Å². The summed E-state index contributed by atoms with van der Waals surface area (Å²) < 4.78 is 90.3. The Morgan fingerprint density at radius 2 is 1.32 bits per heavy atom. The minimum atomic E-state index is -4.80. The quantitative estimate of drug-likeness (QED) is 0.140. The zero-order chi connectivity index (χ0) is 33.3. The average Bonchev–Trinajstić information content (AvgIpc) is 3.29. The van der Waals surface area contributed by atoms with Crippen LogP contribution in [0.5, 0.6) is 0 Å². The van der Waals surface area contributed by atoms with Gasteiger partial charge in [0.2, 0.25) is 0 Å². The molecule has 1 aliphatic rings. The van der Waals surface area contributed by atoms with E-state index in [4.69, 9.17) is 0 Å². The molecule has 47 heavy (non-hydrogen) atoms. The van der Waals surface area contributed by atoms with Crippen LogP contribution in [0.1, 0.15) is 12.5 Å². The van der Waals surface area contributed by atoms with Crippen molar-refractivity contribution < 1.29 is 64.2 Å². The van der Waals surface area contributed by atoms with Gasteiger partial charge in [0.05, 0.1) is 43.1 Å². The number of hydrogen-bond donors (Lipinski definition) is 2. The normalized spacial score (nSPS) is 15.3. The Balaban J connectivity index is 0.00000500. The van der Waals surface area contributed by atoms with E-state index in [1.54, 1.807) is 44.2 Å². The smallest absolute Gasteiger partial charge is 0.744 e. The molecule has 14 nitrogen and oxygen atoms in total. The van der Waals surface area contributed by atoms with Gasteiger partial charge in [-0.1, -0.05) is 36.4 Å². The largest absolute Gasteiger partial charge is 1.00 e. The molecule has 0 aromatic heterocycles. The molecule has 0 radical (unpaired) electrons. The van der Waals surface area contributed by atoms with Crippen LogP contribution in [0.3, 0.4) is 0 Å². The van der Waals surface area contributed by atoms with Crippen LogP contribution < -0.4 is 44.0 Å². The molecule has 2 N–H and O–H groups in total. The molecule has 238 valence electrons. The van der Waals surface area contributed by atoms with Gasteiger partial charge in [-0.2, -0.15) is 20.3 Å². The van der Waals surface area contributed by atoms with E-state index in [0.29, 0.717) is 11.3 Å². The number of hydrazone groups is 1. The van der Waals surface area contributed by atoms with Gasteiger partial charge in [0.25, 0.3) is 26.0 Å². The van der Waals surface area contributed by atoms with Crippen molar-refractivity contribution in [2.75, 3.05) is 14.5 Å². The average molecular weight is 705 g/mol. The molecule has 5 rings (SSSR count). The number of benzene rings is 4. The van der Waals surface area contributed by atoms with Gasteiger partial charge in [0, 0.05) is 0 Å². The number of hydrogen-bond acceptors (Lipinski definition) is 11. The number of anilines is 3. The molecule has 1 atom stereocenters. The number of aryl methyl sites for hydroxylation is 1. The number of nitrogens with zero attached hydrogens (tertiary/aromatic N) is 4. The molecule has 0 fully saturated rings. The molecule has 0 saturated heterocycles. The zero-order valence-corrected chi connectivity index (χ0v) is 29.5. The number of rotatable bonds is 10. The van der Waals surface area contributed by atoms with Crippen molar-refractivity contribution >= 4 is 64.5 Å². The third-order valence-electron chi connectivity index (χ3n) is 6.64. The van der Waals surface area contributed by atoms with Crippen molar-refractivity contribution in [3.05, 3.63) is 103 Å². The predicted molar refractivity (Wildman–Crippen MR) is 169 cm³/mol. The number of carbonyl (C=O) groups excluding carboxylic acids is 1. The van der Waals surface area contributed by atoms with Crippen LogP contribution in [-0.4, -0.2) is 47.5 Å². The summed E-state index contributed by atoms with van der Waals surface area (Å²) in [5.41, 5.74) is 1.31. The summed E-state index contributed by atoms with van der Waals surface area (Å²) >= 11 is 0. The Morgan fingerprint density at radius 3 is 1.98 bits per heavy atom. The minimum Gasteiger partial charge on any atom is -0.744 e. The molecule has 4 aromatic rings. The van der Waals surface area contributed by atoms with Crippen molar-refractivity contribution in [1.82, 2.24) is 0 Å². The van der Waals surface area contributed by atoms with E-state index >= 15 is 0 Å². The zero-order valence-electron chi connectivity index (χ0n) is 25.1. The van der Waals surface area contributed by atoms with Crippen molar-refractivity contribution in [1.29, 1.82) is 0 Å². The summed E-state index contributed by atoms with van der Waals surface area (Å²) in [5, 5.41) is 13.6. The van der Waals surface area contributed by atoms with Crippen molar-refractivity contribution in [3.63, 3.8) is 0 Å². The molecule has 0 spiro atoms. The molecule has 4 aromatic carbocycles. The molecule has 1 heterocycles. The second-order valence-electron chi connectivity index (χ2n) is 10.0. The van der Waals surface area contributed by atoms with Crippen molar-refractivity contribution in [2.24, 2.45) is 15.3 Å². The van der Waals surface area contributed by atoms with Gasteiger partial charge in [0.1, 0.15) is 10.1 Å². The molecular weight excluding hydrogens is 680 g/mol. The van der Waals surface area contributed by atoms with Crippen LogP contribution in [0.15, 0.2) is 127 Å². The van der Waals surface area contributed by atoms with Crippen LogP contribution in [0.4, 0.5) is 22.7 Å². The van der Waals surface area contributed by atoms with Gasteiger partial charge in [-0.25, -0.2) is 25.3 Å². The van der Waals surface area contributed by atoms with Gasteiger partial charge in [-0.05, 0) is 80.1 Å². The van der Waals surface area contributed by atoms with Crippen LogP contribution in [0.2, 0.25) is 0 Å². The first-order valence-corrected chi connectivity index (χ1v) is 17.7. The summed E-state index contributed by atoms with van der Waals surface area (Å²) in [6.07, 6.45) is 0. The first-order valence-electron chi connectivity index (χ1n) is 13.3. The van der Waals surface area contributed by atoms with Gasteiger partial charge in [-0.15, -0.1) is 0 Å². The summed E-state index contributed by atoms with van der Waals surface area (Å²) in [6, 6.07) is 21.2. The molecule has 0 aliphatic carbocycles. The van der Waals surface area contributed by atoms with Gasteiger partial charge in [-0.3, -0.25) is 14.2 Å². The molecular formula is C29H25N6NaO8S3. The van der Waals surface area contributed by atoms with Gasteiger partial charge < -0.3 is 4.55 Å². The fourth-order valence-corrected chi connectivity index (χ4v) is 6.96. The standard InChI is InChI=1S/C29H26N6O8S3.Na/c1-19-14-15-25(45(39,40)34-22-9-7-13-26(17-22)46(41,42)43)18-27(19)30-31-28-20(2)32-35(29(28)36)23-10-6-8-21(16-23)33-44(37,38)24-11-4-3-5-12-24;/h3-18,28,33-34H,1-2H3,(H,41,42,43);/q;+1/p-1. The summed E-state index contributed by atoms with van der Waals surface area (Å²) in [6.45, 7) is 3.23. The third kappa shape index (κ3) is 8.31. The van der Waals surface area contributed by atoms with Crippen LogP contribution in [0, 0.1) is 6.92 Å². The summed E-state index contributed by atoms with van der Waals surface area (Å²) in [5.74, 6) is -0.569. The minimum absolute atomic E-state index is 0. The fourth-order valence-electron chi connectivity index (χ4n) is 4.30. The number of carbonyl (C=O) groups is 1. The van der Waals surface area contributed by atoms with Gasteiger partial charge >= 0.3 is 29.6 Å². The second kappa shape index (κ2) is 14.0. The number of azo groups is 1. The van der Waals surface area contributed by atoms with Crippen molar-refractivity contribution in [3.8, 4) is 0 Å². The molecule has 0 bridgehead atoms. The topological polar surface area (TPSA) is 207 Å². The fraction of sp³-hybridized carbons (Fsp3) is 0.103. The second-order valence-corrected chi connectivity index (χ2v) is 14.8. The van der Waals surface area contributed by atoms with E-state index in [2.05, 4.69) is 24.8 Å². The number of nitrogens with one attached hydrogen (secondary N) is 2. The van der Waals surface area contributed by atoms with Crippen LogP contribution >= 0.6 is 0 Å². The maximum absolute atomic E-state index is 13.3. The SMILES string of the molecule is CC1=NN(c2cccc(NS(=O)(=O)c3ccccc3)c2)C(=O)C1N=Nc1cc(S(=O)(=O)Nc2cccc(S(=O)(=O)[O-])c2)ccc1C.[Na+]. The summed E-state index contributed by atoms with van der Waals surface area (Å²) in [4.78, 5) is 12.6. The van der Waals surface area contributed by atoms with Crippen LogP contribution in [-0.2, 0) is 35.0 Å². The van der Waals surface area contributed by atoms with E-state index < -0.39 is 47.0 Å². The Kier molecular flexibility index (Phi) is 10.7. The van der Waals surface area contributed by atoms with Gasteiger partial charge in [0.15, 0.2) is 6.04 Å². The number of amides is 1. The molecule has 0 saturated carbocycles. The number of sulfonamides is 2. The monoisotopic (exact) mass is 704 g/mol. The summed E-state index contributed by atoms with van der Waals surface area (Å²) in [7, 11) is -12.9. The van der Waals surface area contributed by atoms with E-state index in [1.807, 2.05) is 0 Å². The van der Waals surface area contributed by atoms with Crippen molar-refractivity contribution in [2.45, 2.75) is 34.6 Å². The molecule has 1 unspecified atom stereocenters. The van der Waals surface area contributed by atoms with E-state index in [-0.39, 0.29) is 62.1 Å². The van der Waals surface area contributed by atoms with E-state index in [1.165, 1.54) is 54.6 Å². The predicted octanol–water partition coefficient (Wildman–Crippen LogP) is 1.38. The molecule has 18 heteroatoms. The Bertz CT molecular complexity index is 2230. The maximum atomic E-state index is 13.3. The maximum Gasteiger partial charge on any atom is 1.00 e. The Morgan fingerprint density at radius 1 is 0.723 bits per heavy atom. The first-order chi connectivity index (χ1) is 21.6. The molecule has 1 aliphatic heterocycles. The third-order valence-corrected chi connectivity index (χ3v) is 10.2. The van der Waals surface area contributed by atoms with Crippen LogP contribution in [0.25, 0.3) is 0 Å². The van der Waals surface area contributed by atoms with E-state index in [0.717, 1.165) is 17.1 Å². The first kappa shape index (κ1) is 35.9. The Hall–Kier alpha value is -3.97. The van der Waals surface area contributed by atoms with E-state index in [9.17, 15) is 34.6 Å². The molecule has 1 amide bonds.